The molecule has 23 heavy (non-hydrogen) atoms. The first-order chi connectivity index (χ1) is 10.8. The van der Waals surface area contributed by atoms with Gasteiger partial charge in [0.05, 0.1) is 19.3 Å². The first-order valence-corrected chi connectivity index (χ1v) is 8.17. The van der Waals surface area contributed by atoms with Crippen LogP contribution < -0.4 is 15.4 Å². The second kappa shape index (κ2) is 11.5. The second-order valence-electron chi connectivity index (χ2n) is 5.29. The third-order valence-corrected chi connectivity index (χ3v) is 3.49. The van der Waals surface area contributed by atoms with E-state index in [2.05, 4.69) is 28.6 Å². The Hall–Kier alpha value is -1.02. The van der Waals surface area contributed by atoms with Gasteiger partial charge in [-0.2, -0.15) is 0 Å². The van der Waals surface area contributed by atoms with Crippen molar-refractivity contribution >= 4 is 29.9 Å². The van der Waals surface area contributed by atoms with E-state index >= 15 is 0 Å². The molecule has 2 N–H and O–H groups in total. The van der Waals surface area contributed by atoms with Gasteiger partial charge in [-0.05, 0) is 44.4 Å². The average molecular weight is 433 g/mol. The molecule has 1 atom stereocenters. The zero-order valence-electron chi connectivity index (χ0n) is 14.0. The minimum absolute atomic E-state index is 0. The fourth-order valence-corrected chi connectivity index (χ4v) is 2.43. The summed E-state index contributed by atoms with van der Waals surface area (Å²) < 4.78 is 11.1. The van der Waals surface area contributed by atoms with E-state index in [4.69, 9.17) is 9.47 Å². The van der Waals surface area contributed by atoms with E-state index in [0.29, 0.717) is 19.3 Å². The molecule has 5 nitrogen and oxygen atoms in total. The van der Waals surface area contributed by atoms with Crippen LogP contribution >= 0.6 is 24.0 Å². The van der Waals surface area contributed by atoms with Crippen molar-refractivity contribution in [3.8, 4) is 5.75 Å². The molecule has 1 aromatic carbocycles. The third kappa shape index (κ3) is 7.39. The molecule has 130 valence electrons. The summed E-state index contributed by atoms with van der Waals surface area (Å²) in [5, 5.41) is 6.62. The lowest BCUT2D eigenvalue weighted by Crippen LogP contribution is -2.41. The maximum atomic E-state index is 5.63. The van der Waals surface area contributed by atoms with Crippen LogP contribution in [0.5, 0.6) is 5.75 Å². The molecule has 2 rings (SSSR count). The molecule has 0 aliphatic carbocycles. The quantitative estimate of drug-likeness (QED) is 0.395. The van der Waals surface area contributed by atoms with Crippen LogP contribution in [-0.2, 0) is 11.3 Å². The van der Waals surface area contributed by atoms with Gasteiger partial charge in [-0.1, -0.05) is 12.1 Å². The van der Waals surface area contributed by atoms with Crippen LogP contribution in [-0.4, -0.2) is 38.4 Å². The van der Waals surface area contributed by atoms with Crippen molar-refractivity contribution in [2.75, 3.05) is 26.3 Å². The number of aliphatic imine (C=N–C) groups is 1. The summed E-state index contributed by atoms with van der Waals surface area (Å²) in [5.41, 5.74) is 1.14. The number of hydrogen-bond acceptors (Lipinski definition) is 3. The fourth-order valence-electron chi connectivity index (χ4n) is 2.43. The summed E-state index contributed by atoms with van der Waals surface area (Å²) in [6.45, 7) is 7.90. The highest BCUT2D eigenvalue weighted by Gasteiger charge is 2.15. The molecule has 0 saturated carbocycles. The summed E-state index contributed by atoms with van der Waals surface area (Å²) >= 11 is 0. The number of rotatable bonds is 7. The predicted octanol–water partition coefficient (Wildman–Crippen LogP) is 2.94. The normalized spacial score (nSPS) is 17.5. The summed E-state index contributed by atoms with van der Waals surface area (Å²) in [6, 6.07) is 8.08. The Morgan fingerprint density at radius 3 is 2.91 bits per heavy atom. The molecule has 1 aliphatic rings. The summed E-state index contributed by atoms with van der Waals surface area (Å²) in [7, 11) is 0. The van der Waals surface area contributed by atoms with Crippen LogP contribution in [0.1, 0.15) is 32.3 Å². The average Bonchev–Trinajstić information content (AvgIpc) is 3.04. The van der Waals surface area contributed by atoms with E-state index < -0.39 is 0 Å². The van der Waals surface area contributed by atoms with Crippen LogP contribution in [0.25, 0.3) is 0 Å². The molecule has 0 radical (unpaired) electrons. The number of benzene rings is 1. The number of halogens is 1. The molecule has 0 amide bonds. The summed E-state index contributed by atoms with van der Waals surface area (Å²) in [4.78, 5) is 4.63. The third-order valence-electron chi connectivity index (χ3n) is 3.49. The van der Waals surface area contributed by atoms with Gasteiger partial charge in [-0.15, -0.1) is 24.0 Å². The van der Waals surface area contributed by atoms with E-state index in [-0.39, 0.29) is 24.0 Å². The first kappa shape index (κ1) is 20.0. The van der Waals surface area contributed by atoms with Gasteiger partial charge in [-0.3, -0.25) is 0 Å². The standard InChI is InChI=1S/C17H27N3O2.HI/c1-3-18-17(20-13-16-9-6-10-22-16)19-12-14-7-5-8-15(11-14)21-4-2;/h5,7-8,11,16H,3-4,6,9-10,12-13H2,1-2H3,(H2,18,19,20);1H. The number of nitrogens with zero attached hydrogens (tertiary/aromatic N) is 1. The van der Waals surface area contributed by atoms with E-state index in [1.54, 1.807) is 0 Å². The molecular formula is C17H28IN3O2. The minimum Gasteiger partial charge on any atom is -0.494 e. The lowest BCUT2D eigenvalue weighted by Gasteiger charge is -2.14. The molecule has 1 aromatic rings. The highest BCUT2D eigenvalue weighted by molar-refractivity contribution is 14.0. The zero-order chi connectivity index (χ0) is 15.6. The Morgan fingerprint density at radius 1 is 1.35 bits per heavy atom. The molecule has 0 aromatic heterocycles. The SMILES string of the molecule is CCNC(=NCc1cccc(OCC)c1)NCC1CCCO1.I. The van der Waals surface area contributed by atoms with Crippen molar-refractivity contribution < 1.29 is 9.47 Å². The maximum Gasteiger partial charge on any atom is 0.191 e. The van der Waals surface area contributed by atoms with Crippen molar-refractivity contribution in [1.82, 2.24) is 10.6 Å². The van der Waals surface area contributed by atoms with Crippen LogP contribution in [0, 0.1) is 0 Å². The molecule has 6 heteroatoms. The number of hydrogen-bond donors (Lipinski definition) is 2. The number of ether oxygens (including phenoxy) is 2. The summed E-state index contributed by atoms with van der Waals surface area (Å²) in [6.07, 6.45) is 2.60. The Labute approximate surface area is 156 Å². The Bertz CT molecular complexity index is 477. The van der Waals surface area contributed by atoms with Crippen molar-refractivity contribution in [2.24, 2.45) is 4.99 Å². The Balaban J connectivity index is 0.00000264. The van der Waals surface area contributed by atoms with Crippen LogP contribution in [0.15, 0.2) is 29.3 Å². The highest BCUT2D eigenvalue weighted by Crippen LogP contribution is 2.14. The monoisotopic (exact) mass is 433 g/mol. The molecule has 1 saturated heterocycles. The van der Waals surface area contributed by atoms with Gasteiger partial charge < -0.3 is 20.1 Å². The molecule has 1 heterocycles. The summed E-state index contributed by atoms with van der Waals surface area (Å²) in [5.74, 6) is 1.73. The smallest absolute Gasteiger partial charge is 0.191 e. The van der Waals surface area contributed by atoms with Crippen LogP contribution in [0.3, 0.4) is 0 Å². The predicted molar refractivity (Wildman–Crippen MR) is 105 cm³/mol. The van der Waals surface area contributed by atoms with Gasteiger partial charge in [-0.25, -0.2) is 4.99 Å². The fraction of sp³-hybridized carbons (Fsp3) is 0.588. The Kier molecular flexibility index (Phi) is 10.0. The lowest BCUT2D eigenvalue weighted by molar-refractivity contribution is 0.114. The van der Waals surface area contributed by atoms with Crippen molar-refractivity contribution in [2.45, 2.75) is 39.3 Å². The number of guanidine groups is 1. The molecule has 0 spiro atoms. The molecule has 1 fully saturated rings. The molecule has 1 unspecified atom stereocenters. The van der Waals surface area contributed by atoms with Crippen LogP contribution in [0.4, 0.5) is 0 Å². The minimum atomic E-state index is 0. The van der Waals surface area contributed by atoms with Gasteiger partial charge in [0, 0.05) is 19.7 Å². The highest BCUT2D eigenvalue weighted by atomic mass is 127. The van der Waals surface area contributed by atoms with Gasteiger partial charge >= 0.3 is 0 Å². The van der Waals surface area contributed by atoms with E-state index in [9.17, 15) is 0 Å². The van der Waals surface area contributed by atoms with E-state index in [0.717, 1.165) is 49.8 Å². The van der Waals surface area contributed by atoms with Gasteiger partial charge in [0.1, 0.15) is 5.75 Å². The second-order valence-corrected chi connectivity index (χ2v) is 5.29. The topological polar surface area (TPSA) is 54.9 Å². The van der Waals surface area contributed by atoms with Crippen molar-refractivity contribution in [1.29, 1.82) is 0 Å². The van der Waals surface area contributed by atoms with E-state index in [1.807, 2.05) is 25.1 Å². The largest absolute Gasteiger partial charge is 0.494 e. The van der Waals surface area contributed by atoms with Crippen molar-refractivity contribution in [3.05, 3.63) is 29.8 Å². The van der Waals surface area contributed by atoms with Gasteiger partial charge in [0.25, 0.3) is 0 Å². The van der Waals surface area contributed by atoms with Gasteiger partial charge in [0.15, 0.2) is 5.96 Å². The van der Waals surface area contributed by atoms with Crippen LogP contribution in [0.2, 0.25) is 0 Å². The van der Waals surface area contributed by atoms with E-state index in [1.165, 1.54) is 0 Å². The Morgan fingerprint density at radius 2 is 2.22 bits per heavy atom. The van der Waals surface area contributed by atoms with Gasteiger partial charge in [0.2, 0.25) is 0 Å². The molecule has 1 aliphatic heterocycles. The zero-order valence-corrected chi connectivity index (χ0v) is 16.3. The number of nitrogens with one attached hydrogen (secondary N) is 2. The molecular weight excluding hydrogens is 405 g/mol. The maximum absolute atomic E-state index is 5.63. The lowest BCUT2D eigenvalue weighted by atomic mass is 10.2. The first-order valence-electron chi connectivity index (χ1n) is 8.17. The molecule has 0 bridgehead atoms. The van der Waals surface area contributed by atoms with Crippen molar-refractivity contribution in [3.63, 3.8) is 0 Å².